The molecule has 0 radical (unpaired) electrons. The van der Waals surface area contributed by atoms with E-state index in [1.54, 1.807) is 5.32 Å². The summed E-state index contributed by atoms with van der Waals surface area (Å²) in [6, 6.07) is 1.18. The zero-order chi connectivity index (χ0) is 28.2. The molecule has 1 spiro atoms. The number of aryl methyl sites for hydroxylation is 1. The van der Waals surface area contributed by atoms with Gasteiger partial charge in [-0.1, -0.05) is 11.6 Å². The van der Waals surface area contributed by atoms with Crippen LogP contribution < -0.4 is 20.1 Å². The average molecular weight is 582 g/mol. The van der Waals surface area contributed by atoms with Gasteiger partial charge in [0.1, 0.15) is 28.9 Å². The molecule has 38 heavy (non-hydrogen) atoms. The van der Waals surface area contributed by atoms with Gasteiger partial charge in [-0.2, -0.15) is 17.9 Å². The molecule has 0 bridgehead atoms. The second kappa shape index (κ2) is 9.43. The highest BCUT2D eigenvalue weighted by Gasteiger charge is 2.53. The van der Waals surface area contributed by atoms with Crippen molar-refractivity contribution in [2.45, 2.75) is 29.6 Å². The van der Waals surface area contributed by atoms with E-state index in [0.717, 1.165) is 23.2 Å². The number of alkyl halides is 3. The standard InChI is InChI=1S/C21H20ClF4N5O6S/c1-10(21(24,25)26)27-18(33)19(34)31-7-20(8-31)9-37-16-14(38(35,36)29-20)6-30(2)15(16)17(32)28-11-3-4-13(23)12(22)5-11/h3-6,10,29H,7-9H2,1-2H3,(H,27,33)(H,28,32)/t10-/m1/s1. The zero-order valence-electron chi connectivity index (χ0n) is 19.7. The van der Waals surface area contributed by atoms with Gasteiger partial charge in [-0.25, -0.2) is 12.8 Å². The number of anilines is 1. The molecule has 206 valence electrons. The highest BCUT2D eigenvalue weighted by molar-refractivity contribution is 7.89. The van der Waals surface area contributed by atoms with Gasteiger partial charge >= 0.3 is 18.0 Å². The number of benzene rings is 1. The Kier molecular flexibility index (Phi) is 6.86. The number of hydrogen-bond donors (Lipinski definition) is 3. The van der Waals surface area contributed by atoms with Gasteiger partial charge in [0, 0.05) is 32.0 Å². The van der Waals surface area contributed by atoms with Gasteiger partial charge in [0.05, 0.1) is 5.02 Å². The molecule has 2 aromatic rings. The molecule has 1 atom stereocenters. The van der Waals surface area contributed by atoms with Crippen molar-refractivity contribution in [3.05, 3.63) is 40.9 Å². The lowest BCUT2D eigenvalue weighted by Gasteiger charge is -2.48. The SMILES string of the molecule is C[C@@H](NC(=O)C(=O)N1CC2(COc3c(cn(C)c3C(=O)Nc3ccc(F)c(Cl)c3)S(=O)(=O)N2)C1)C(F)(F)F. The van der Waals surface area contributed by atoms with Gasteiger partial charge in [-0.15, -0.1) is 0 Å². The number of nitrogens with zero attached hydrogens (tertiary/aromatic N) is 2. The van der Waals surface area contributed by atoms with Crippen molar-refractivity contribution in [2.75, 3.05) is 25.0 Å². The van der Waals surface area contributed by atoms with Gasteiger partial charge in [-0.3, -0.25) is 14.4 Å². The maximum atomic E-state index is 13.4. The zero-order valence-corrected chi connectivity index (χ0v) is 21.2. The van der Waals surface area contributed by atoms with Crippen molar-refractivity contribution in [3.63, 3.8) is 0 Å². The van der Waals surface area contributed by atoms with Crippen LogP contribution in [0.2, 0.25) is 5.02 Å². The van der Waals surface area contributed by atoms with Crippen molar-refractivity contribution in [1.82, 2.24) is 19.5 Å². The molecule has 17 heteroatoms. The average Bonchev–Trinajstić information content (AvgIpc) is 3.08. The third-order valence-corrected chi connectivity index (χ3v) is 7.80. The summed E-state index contributed by atoms with van der Waals surface area (Å²) in [6.07, 6.45) is -3.62. The molecule has 0 saturated carbocycles. The molecule has 1 fully saturated rings. The van der Waals surface area contributed by atoms with Crippen LogP contribution in [-0.2, 0) is 26.7 Å². The number of rotatable bonds is 3. The predicted molar refractivity (Wildman–Crippen MR) is 124 cm³/mol. The molecular formula is C21H20ClF4N5O6S. The van der Waals surface area contributed by atoms with E-state index in [1.807, 2.05) is 0 Å². The van der Waals surface area contributed by atoms with E-state index in [4.69, 9.17) is 16.3 Å². The number of fused-ring (bicyclic) bond motifs is 1. The van der Waals surface area contributed by atoms with Crippen LogP contribution in [0.4, 0.5) is 23.2 Å². The van der Waals surface area contributed by atoms with Crippen LogP contribution in [0.1, 0.15) is 17.4 Å². The minimum atomic E-state index is -4.75. The highest BCUT2D eigenvalue weighted by atomic mass is 35.5. The van der Waals surface area contributed by atoms with Crippen molar-refractivity contribution in [2.24, 2.45) is 7.05 Å². The largest absolute Gasteiger partial charge is 0.488 e. The molecule has 3 N–H and O–H groups in total. The minimum Gasteiger partial charge on any atom is -0.488 e. The Bertz CT molecular complexity index is 1440. The number of halogens is 5. The predicted octanol–water partition coefficient (Wildman–Crippen LogP) is 1.39. The topological polar surface area (TPSA) is 139 Å². The van der Waals surface area contributed by atoms with Crippen LogP contribution in [-0.4, -0.2) is 73.1 Å². The van der Waals surface area contributed by atoms with Crippen LogP contribution in [0.15, 0.2) is 29.3 Å². The molecule has 1 saturated heterocycles. The smallest absolute Gasteiger partial charge is 0.408 e. The van der Waals surface area contributed by atoms with E-state index in [2.05, 4.69) is 10.0 Å². The van der Waals surface area contributed by atoms with Crippen LogP contribution in [0.3, 0.4) is 0 Å². The molecule has 0 aliphatic carbocycles. The lowest BCUT2D eigenvalue weighted by Crippen LogP contribution is -2.74. The van der Waals surface area contributed by atoms with E-state index in [0.29, 0.717) is 6.92 Å². The molecule has 0 unspecified atom stereocenters. The lowest BCUT2D eigenvalue weighted by molar-refractivity contribution is -0.164. The maximum absolute atomic E-state index is 13.4. The monoisotopic (exact) mass is 581 g/mol. The first-order chi connectivity index (χ1) is 17.5. The van der Waals surface area contributed by atoms with Gasteiger partial charge in [-0.05, 0) is 25.1 Å². The Morgan fingerprint density at radius 2 is 1.89 bits per heavy atom. The third kappa shape index (κ3) is 5.15. The third-order valence-electron chi connectivity index (χ3n) is 5.94. The van der Waals surface area contributed by atoms with E-state index in [-0.39, 0.29) is 46.7 Å². The molecule has 3 amide bonds. The maximum Gasteiger partial charge on any atom is 0.408 e. The summed E-state index contributed by atoms with van der Waals surface area (Å²) < 4.78 is 86.9. The van der Waals surface area contributed by atoms with E-state index in [9.17, 15) is 40.4 Å². The number of sulfonamides is 1. The van der Waals surface area contributed by atoms with E-state index < -0.39 is 51.3 Å². The number of hydrogen-bond acceptors (Lipinski definition) is 6. The number of aromatic nitrogens is 1. The summed E-state index contributed by atoms with van der Waals surface area (Å²) >= 11 is 5.73. The number of carbonyl (C=O) groups excluding carboxylic acids is 3. The highest BCUT2D eigenvalue weighted by Crippen LogP contribution is 2.37. The minimum absolute atomic E-state index is 0.133. The second-order valence-corrected chi connectivity index (χ2v) is 11.0. The van der Waals surface area contributed by atoms with Gasteiger partial charge in [0.2, 0.25) is 10.0 Å². The second-order valence-electron chi connectivity index (χ2n) is 8.94. The first-order valence-electron chi connectivity index (χ1n) is 10.8. The molecule has 1 aromatic carbocycles. The Hall–Kier alpha value is -3.37. The molecule has 11 nitrogen and oxygen atoms in total. The molecule has 1 aromatic heterocycles. The van der Waals surface area contributed by atoms with Crippen molar-refractivity contribution < 1.29 is 45.1 Å². The lowest BCUT2D eigenvalue weighted by atomic mass is 9.92. The molecule has 2 aliphatic rings. The number of likely N-dealkylation sites (tertiary alicyclic amines) is 1. The summed E-state index contributed by atoms with van der Waals surface area (Å²) in [5.74, 6) is -4.55. The summed E-state index contributed by atoms with van der Waals surface area (Å²) in [4.78, 5) is 37.7. The molecule has 4 rings (SSSR count). The Labute approximate surface area is 218 Å². The Morgan fingerprint density at radius 1 is 1.24 bits per heavy atom. The number of amides is 3. The fourth-order valence-electron chi connectivity index (χ4n) is 3.98. The summed E-state index contributed by atoms with van der Waals surface area (Å²) in [5.41, 5.74) is -1.45. The van der Waals surface area contributed by atoms with Crippen LogP contribution in [0.25, 0.3) is 0 Å². The van der Waals surface area contributed by atoms with E-state index in [1.165, 1.54) is 17.7 Å². The number of nitrogens with one attached hydrogen (secondary N) is 3. The Balaban J connectivity index is 1.50. The summed E-state index contributed by atoms with van der Waals surface area (Å²) in [6.45, 7) is -0.433. The van der Waals surface area contributed by atoms with Crippen molar-refractivity contribution in [1.29, 1.82) is 0 Å². The first kappa shape index (κ1) is 27.7. The fraction of sp³-hybridized carbons (Fsp3) is 0.381. The number of ether oxygens (including phenoxy) is 1. The van der Waals surface area contributed by atoms with Crippen LogP contribution in [0, 0.1) is 5.82 Å². The first-order valence-corrected chi connectivity index (χ1v) is 12.7. The summed E-state index contributed by atoms with van der Waals surface area (Å²) in [7, 11) is -2.91. The summed E-state index contributed by atoms with van der Waals surface area (Å²) in [5, 5.41) is 3.78. The Morgan fingerprint density at radius 3 is 2.50 bits per heavy atom. The van der Waals surface area contributed by atoms with Crippen LogP contribution >= 0.6 is 11.6 Å². The van der Waals surface area contributed by atoms with Gasteiger partial charge in [0.25, 0.3) is 5.91 Å². The fourth-order valence-corrected chi connectivity index (χ4v) is 5.73. The molecular weight excluding hydrogens is 562 g/mol. The van der Waals surface area contributed by atoms with Crippen LogP contribution in [0.5, 0.6) is 5.75 Å². The van der Waals surface area contributed by atoms with Crippen molar-refractivity contribution in [3.8, 4) is 5.75 Å². The molecule has 2 aliphatic heterocycles. The van der Waals surface area contributed by atoms with Crippen molar-refractivity contribution >= 4 is 45.0 Å². The van der Waals surface area contributed by atoms with Gasteiger partial charge < -0.3 is 24.8 Å². The normalized spacial score (nSPS) is 18.4. The van der Waals surface area contributed by atoms with Gasteiger partial charge in [0.15, 0.2) is 11.4 Å². The van der Waals surface area contributed by atoms with E-state index >= 15 is 0 Å². The molecule has 3 heterocycles. The quantitative estimate of drug-likeness (QED) is 0.370. The number of carbonyl (C=O) groups is 3.